The monoisotopic (exact) mass is 366 g/mol. The minimum absolute atomic E-state index is 0.0389. The Bertz CT molecular complexity index is 1130. The second kappa shape index (κ2) is 7.20. The topological polar surface area (TPSA) is 119 Å². The van der Waals surface area contributed by atoms with Crippen LogP contribution in [0, 0.1) is 17.0 Å². The number of rotatable bonds is 5. The van der Waals surface area contributed by atoms with E-state index in [0.717, 1.165) is 12.1 Å². The first kappa shape index (κ1) is 18.0. The minimum Gasteiger partial charge on any atom is -0.454 e. The quantitative estimate of drug-likeness (QED) is 0.321. The average molecular weight is 366 g/mol. The molecule has 0 amide bonds. The number of Topliss-reactive ketones (excluding diaryl/α,β-unsaturated/α-hetero) is 1. The zero-order valence-corrected chi connectivity index (χ0v) is 14.2. The largest absolute Gasteiger partial charge is 0.454 e. The SMILES string of the molecule is Cc1ccc(C(=O)COC(=O)c2cc(=O)[nH]c3ccccc23)cc1[N+](=O)[O-]. The number of aromatic amines is 1. The molecule has 0 aliphatic heterocycles. The summed E-state index contributed by atoms with van der Waals surface area (Å²) < 4.78 is 5.03. The van der Waals surface area contributed by atoms with Crippen molar-refractivity contribution < 1.29 is 19.2 Å². The van der Waals surface area contributed by atoms with E-state index in [4.69, 9.17) is 4.74 Å². The molecule has 2 aromatic carbocycles. The maximum atomic E-state index is 12.3. The van der Waals surface area contributed by atoms with Gasteiger partial charge in [-0.2, -0.15) is 0 Å². The number of carbonyl (C=O) groups is 2. The van der Waals surface area contributed by atoms with E-state index < -0.39 is 28.8 Å². The van der Waals surface area contributed by atoms with Gasteiger partial charge in [-0.25, -0.2) is 4.79 Å². The van der Waals surface area contributed by atoms with Crippen LogP contribution in [0.1, 0.15) is 26.3 Å². The highest BCUT2D eigenvalue weighted by molar-refractivity contribution is 6.05. The zero-order chi connectivity index (χ0) is 19.6. The van der Waals surface area contributed by atoms with Crippen LogP contribution in [-0.2, 0) is 4.74 Å². The summed E-state index contributed by atoms with van der Waals surface area (Å²) in [6.07, 6.45) is 0. The number of ketones is 1. The number of hydrogen-bond acceptors (Lipinski definition) is 6. The average Bonchev–Trinajstić information content (AvgIpc) is 2.65. The van der Waals surface area contributed by atoms with Crippen molar-refractivity contribution in [1.29, 1.82) is 0 Å². The molecule has 8 nitrogen and oxygen atoms in total. The van der Waals surface area contributed by atoms with Crippen LogP contribution in [0.4, 0.5) is 5.69 Å². The lowest BCUT2D eigenvalue weighted by molar-refractivity contribution is -0.385. The van der Waals surface area contributed by atoms with Gasteiger partial charge >= 0.3 is 5.97 Å². The molecule has 0 fully saturated rings. The minimum atomic E-state index is -0.827. The van der Waals surface area contributed by atoms with Gasteiger partial charge in [0.1, 0.15) is 0 Å². The summed E-state index contributed by atoms with van der Waals surface area (Å²) in [4.78, 5) is 49.3. The van der Waals surface area contributed by atoms with E-state index in [9.17, 15) is 24.5 Å². The molecule has 0 saturated heterocycles. The molecule has 27 heavy (non-hydrogen) atoms. The molecule has 0 spiro atoms. The summed E-state index contributed by atoms with van der Waals surface area (Å²) in [5, 5.41) is 11.5. The van der Waals surface area contributed by atoms with Crippen molar-refractivity contribution in [2.24, 2.45) is 0 Å². The van der Waals surface area contributed by atoms with Crippen molar-refractivity contribution in [3.63, 3.8) is 0 Å². The molecule has 3 rings (SSSR count). The Morgan fingerprint density at radius 2 is 1.89 bits per heavy atom. The number of aryl methyl sites for hydroxylation is 1. The predicted molar refractivity (Wildman–Crippen MR) is 97.0 cm³/mol. The molecule has 136 valence electrons. The van der Waals surface area contributed by atoms with Crippen LogP contribution in [0.5, 0.6) is 0 Å². The molecule has 0 atom stereocenters. The predicted octanol–water partition coefficient (Wildman–Crippen LogP) is 2.78. The van der Waals surface area contributed by atoms with Gasteiger partial charge in [0.2, 0.25) is 11.3 Å². The van der Waals surface area contributed by atoms with Crippen LogP contribution in [0.3, 0.4) is 0 Å². The Hall–Kier alpha value is -3.81. The number of nitrogens with zero attached hydrogens (tertiary/aromatic N) is 1. The molecular formula is C19H14N2O6. The van der Waals surface area contributed by atoms with Gasteiger partial charge in [0.25, 0.3) is 5.69 Å². The van der Waals surface area contributed by atoms with Gasteiger partial charge < -0.3 is 9.72 Å². The summed E-state index contributed by atoms with van der Waals surface area (Å²) in [5.41, 5.74) is 0.336. The van der Waals surface area contributed by atoms with Gasteiger partial charge in [-0.15, -0.1) is 0 Å². The Morgan fingerprint density at radius 3 is 2.63 bits per heavy atom. The molecule has 0 aliphatic carbocycles. The van der Waals surface area contributed by atoms with Crippen LogP contribution < -0.4 is 5.56 Å². The lowest BCUT2D eigenvalue weighted by Gasteiger charge is -2.07. The fraction of sp³-hybridized carbons (Fsp3) is 0.105. The van der Waals surface area contributed by atoms with Crippen LogP contribution in [0.15, 0.2) is 53.3 Å². The van der Waals surface area contributed by atoms with E-state index in [0.29, 0.717) is 16.5 Å². The van der Waals surface area contributed by atoms with E-state index in [2.05, 4.69) is 4.98 Å². The van der Waals surface area contributed by atoms with Crippen LogP contribution in [0.2, 0.25) is 0 Å². The molecule has 8 heteroatoms. The Morgan fingerprint density at radius 1 is 1.15 bits per heavy atom. The number of fused-ring (bicyclic) bond motifs is 1. The van der Waals surface area contributed by atoms with Crippen molar-refractivity contribution in [2.45, 2.75) is 6.92 Å². The second-order valence-corrected chi connectivity index (χ2v) is 5.85. The van der Waals surface area contributed by atoms with E-state index in [1.807, 2.05) is 0 Å². The summed E-state index contributed by atoms with van der Waals surface area (Å²) in [6.45, 7) is 0.963. The first-order chi connectivity index (χ1) is 12.9. The van der Waals surface area contributed by atoms with E-state index in [1.165, 1.54) is 12.1 Å². The molecule has 0 aliphatic rings. The van der Waals surface area contributed by atoms with Gasteiger partial charge in [0, 0.05) is 34.2 Å². The zero-order valence-electron chi connectivity index (χ0n) is 14.2. The number of para-hydroxylation sites is 1. The lowest BCUT2D eigenvalue weighted by atomic mass is 10.1. The highest BCUT2D eigenvalue weighted by Crippen LogP contribution is 2.20. The molecule has 0 unspecified atom stereocenters. The summed E-state index contributed by atoms with van der Waals surface area (Å²) in [7, 11) is 0. The van der Waals surface area contributed by atoms with Crippen LogP contribution in [0.25, 0.3) is 10.9 Å². The van der Waals surface area contributed by atoms with Crippen molar-refractivity contribution in [3.05, 3.63) is 85.7 Å². The van der Waals surface area contributed by atoms with Crippen LogP contribution in [-0.4, -0.2) is 28.3 Å². The summed E-state index contributed by atoms with van der Waals surface area (Å²) in [5.74, 6) is -1.41. The number of aromatic nitrogens is 1. The number of nitro benzene ring substituents is 1. The van der Waals surface area contributed by atoms with Crippen molar-refractivity contribution in [2.75, 3.05) is 6.61 Å². The number of benzene rings is 2. The normalized spacial score (nSPS) is 10.6. The number of nitro groups is 1. The van der Waals surface area contributed by atoms with Gasteiger partial charge in [0.15, 0.2) is 6.61 Å². The lowest BCUT2D eigenvalue weighted by Crippen LogP contribution is -2.17. The smallest absolute Gasteiger partial charge is 0.339 e. The number of H-pyrrole nitrogens is 1. The van der Waals surface area contributed by atoms with Crippen molar-refractivity contribution in [1.82, 2.24) is 4.98 Å². The summed E-state index contributed by atoms with van der Waals surface area (Å²) in [6, 6.07) is 11.8. The first-order valence-corrected chi connectivity index (χ1v) is 7.94. The van der Waals surface area contributed by atoms with Gasteiger partial charge in [-0.1, -0.05) is 30.3 Å². The molecule has 0 saturated carbocycles. The Balaban J connectivity index is 1.80. The van der Waals surface area contributed by atoms with Gasteiger partial charge in [-0.3, -0.25) is 19.7 Å². The number of pyridine rings is 1. The van der Waals surface area contributed by atoms with Crippen molar-refractivity contribution in [3.8, 4) is 0 Å². The fourth-order valence-corrected chi connectivity index (χ4v) is 2.65. The third-order valence-electron chi connectivity index (χ3n) is 4.03. The first-order valence-electron chi connectivity index (χ1n) is 7.94. The fourth-order valence-electron chi connectivity index (χ4n) is 2.65. The number of hydrogen-bond donors (Lipinski definition) is 1. The highest BCUT2D eigenvalue weighted by atomic mass is 16.6. The molecule has 1 aromatic heterocycles. The third kappa shape index (κ3) is 3.74. The number of esters is 1. The number of nitrogens with one attached hydrogen (secondary N) is 1. The molecule has 3 aromatic rings. The van der Waals surface area contributed by atoms with E-state index in [1.54, 1.807) is 31.2 Å². The maximum absolute atomic E-state index is 12.3. The van der Waals surface area contributed by atoms with E-state index >= 15 is 0 Å². The second-order valence-electron chi connectivity index (χ2n) is 5.85. The Kier molecular flexibility index (Phi) is 4.80. The van der Waals surface area contributed by atoms with Crippen LogP contribution >= 0.6 is 0 Å². The van der Waals surface area contributed by atoms with E-state index in [-0.39, 0.29) is 16.8 Å². The molecule has 1 N–H and O–H groups in total. The number of ether oxygens (including phenoxy) is 1. The Labute approximate surface area is 152 Å². The molecule has 1 heterocycles. The van der Waals surface area contributed by atoms with Gasteiger partial charge in [-0.05, 0) is 13.0 Å². The summed E-state index contributed by atoms with van der Waals surface area (Å²) >= 11 is 0. The van der Waals surface area contributed by atoms with Crippen molar-refractivity contribution >= 4 is 28.3 Å². The standard InChI is InChI=1S/C19H14N2O6/c1-11-6-7-12(8-16(11)21(25)26)17(22)10-27-19(24)14-9-18(23)20-15-5-3-2-4-13(14)15/h2-9H,10H2,1H3,(H,20,23). The molecule has 0 radical (unpaired) electrons. The maximum Gasteiger partial charge on any atom is 0.339 e. The number of carbonyl (C=O) groups excluding carboxylic acids is 2. The molecule has 0 bridgehead atoms. The van der Waals surface area contributed by atoms with Gasteiger partial charge in [0.05, 0.1) is 10.5 Å². The third-order valence-corrected chi connectivity index (χ3v) is 4.03. The molecular weight excluding hydrogens is 352 g/mol. The highest BCUT2D eigenvalue weighted by Gasteiger charge is 2.18.